The first-order chi connectivity index (χ1) is 12.5. The molecule has 1 saturated heterocycles. The number of hydrogen-bond acceptors (Lipinski definition) is 3. The number of carbonyl (C=O) groups is 2. The third-order valence-electron chi connectivity index (χ3n) is 4.96. The average Bonchev–Trinajstić information content (AvgIpc) is 2.59. The Kier molecular flexibility index (Phi) is 6.50. The van der Waals surface area contributed by atoms with Gasteiger partial charge in [-0.05, 0) is 60.3 Å². The first-order valence-corrected chi connectivity index (χ1v) is 9.94. The Bertz CT molecular complexity index is 759. The lowest BCUT2D eigenvalue weighted by atomic mass is 9.98. The number of aromatic nitrogens is 1. The highest BCUT2D eigenvalue weighted by Gasteiger charge is 2.30. The molecule has 1 aromatic heterocycles. The predicted molar refractivity (Wildman–Crippen MR) is 107 cm³/mol. The fourth-order valence-electron chi connectivity index (χ4n) is 3.47. The molecule has 0 aliphatic carbocycles. The zero-order valence-electron chi connectivity index (χ0n) is 17.5. The van der Waals surface area contributed by atoms with Crippen LogP contribution in [-0.4, -0.2) is 39.4 Å². The summed E-state index contributed by atoms with van der Waals surface area (Å²) in [4.78, 5) is 40.7. The molecule has 2 rings (SSSR count). The van der Waals surface area contributed by atoms with Crippen molar-refractivity contribution in [3.63, 3.8) is 0 Å². The molecule has 0 aromatic carbocycles. The molecule has 1 aliphatic rings. The minimum atomic E-state index is -0.487. The number of amides is 2. The summed E-state index contributed by atoms with van der Waals surface area (Å²) in [6.07, 6.45) is 7.04. The second-order valence-corrected chi connectivity index (χ2v) is 8.72. The predicted octanol–water partition coefficient (Wildman–Crippen LogP) is 3.36. The van der Waals surface area contributed by atoms with Gasteiger partial charge in [-0.1, -0.05) is 6.92 Å². The van der Waals surface area contributed by atoms with Gasteiger partial charge in [-0.3, -0.25) is 14.4 Å². The van der Waals surface area contributed by atoms with E-state index in [1.165, 1.54) is 0 Å². The van der Waals surface area contributed by atoms with Gasteiger partial charge in [0.15, 0.2) is 0 Å². The topological polar surface area (TPSA) is 71.4 Å². The highest BCUT2D eigenvalue weighted by molar-refractivity contribution is 5.99. The van der Waals surface area contributed by atoms with E-state index in [1.54, 1.807) is 17.0 Å². The summed E-state index contributed by atoms with van der Waals surface area (Å²) in [6.45, 7) is 12.2. The fourth-order valence-corrected chi connectivity index (χ4v) is 3.47. The van der Waals surface area contributed by atoms with Crippen LogP contribution in [0.4, 0.5) is 0 Å². The Morgan fingerprint density at radius 3 is 2.37 bits per heavy atom. The van der Waals surface area contributed by atoms with Crippen molar-refractivity contribution < 1.29 is 9.59 Å². The molecule has 150 valence electrons. The van der Waals surface area contributed by atoms with Crippen LogP contribution in [0.25, 0.3) is 0 Å². The van der Waals surface area contributed by atoms with Gasteiger partial charge in [-0.2, -0.15) is 0 Å². The SMILES string of the molecule is CCC1CCCCN1C(=O)c1cn(C(C)C)cc(C(=O)NC(C)(C)C)c1=O. The summed E-state index contributed by atoms with van der Waals surface area (Å²) >= 11 is 0. The van der Waals surface area contributed by atoms with E-state index in [1.807, 2.05) is 39.5 Å². The molecule has 2 heterocycles. The maximum atomic E-state index is 13.2. The molecule has 1 aliphatic heterocycles. The van der Waals surface area contributed by atoms with E-state index < -0.39 is 16.9 Å². The van der Waals surface area contributed by atoms with Crippen molar-refractivity contribution in [3.05, 3.63) is 33.7 Å². The molecular weight excluding hydrogens is 342 g/mol. The first kappa shape index (κ1) is 21.2. The van der Waals surface area contributed by atoms with Gasteiger partial charge in [0.25, 0.3) is 11.8 Å². The van der Waals surface area contributed by atoms with Gasteiger partial charge in [0.1, 0.15) is 11.1 Å². The van der Waals surface area contributed by atoms with Crippen LogP contribution in [0.5, 0.6) is 0 Å². The Morgan fingerprint density at radius 2 is 1.81 bits per heavy atom. The van der Waals surface area contributed by atoms with E-state index in [-0.39, 0.29) is 29.1 Å². The minimum Gasteiger partial charge on any atom is -0.350 e. The molecule has 0 spiro atoms. The molecule has 27 heavy (non-hydrogen) atoms. The van der Waals surface area contributed by atoms with Crippen molar-refractivity contribution in [3.8, 4) is 0 Å². The van der Waals surface area contributed by atoms with Crippen LogP contribution in [-0.2, 0) is 0 Å². The van der Waals surface area contributed by atoms with Crippen LogP contribution in [0.15, 0.2) is 17.2 Å². The highest BCUT2D eigenvalue weighted by Crippen LogP contribution is 2.21. The second-order valence-electron chi connectivity index (χ2n) is 8.72. The summed E-state index contributed by atoms with van der Waals surface area (Å²) in [5.74, 6) is -0.700. The second kappa shape index (κ2) is 8.28. The zero-order chi connectivity index (χ0) is 20.4. The standard InChI is InChI=1S/C21H33N3O3/c1-7-15-10-8-9-11-24(15)20(27)17-13-23(14(2)3)12-16(18(17)25)19(26)22-21(4,5)6/h12-15H,7-11H2,1-6H3,(H,22,26). The van der Waals surface area contributed by atoms with Crippen LogP contribution < -0.4 is 10.7 Å². The number of likely N-dealkylation sites (tertiary alicyclic amines) is 1. The zero-order valence-corrected chi connectivity index (χ0v) is 17.5. The van der Waals surface area contributed by atoms with E-state index in [4.69, 9.17) is 0 Å². The molecule has 1 N–H and O–H groups in total. The van der Waals surface area contributed by atoms with Gasteiger partial charge >= 0.3 is 0 Å². The van der Waals surface area contributed by atoms with Crippen LogP contribution in [0.3, 0.4) is 0 Å². The van der Waals surface area contributed by atoms with Crippen molar-refractivity contribution in [2.45, 2.75) is 84.8 Å². The number of carbonyl (C=O) groups excluding carboxylic acids is 2. The molecule has 1 atom stereocenters. The third kappa shape index (κ3) is 4.99. The van der Waals surface area contributed by atoms with Crippen molar-refractivity contribution in [2.75, 3.05) is 6.54 Å². The van der Waals surface area contributed by atoms with E-state index in [0.717, 1.165) is 25.7 Å². The third-order valence-corrected chi connectivity index (χ3v) is 4.96. The number of pyridine rings is 1. The monoisotopic (exact) mass is 375 g/mol. The van der Waals surface area contributed by atoms with Gasteiger partial charge in [0.2, 0.25) is 5.43 Å². The van der Waals surface area contributed by atoms with Crippen molar-refractivity contribution in [1.29, 1.82) is 0 Å². The Balaban J connectivity index is 2.50. The van der Waals surface area contributed by atoms with Gasteiger partial charge in [-0.25, -0.2) is 0 Å². The van der Waals surface area contributed by atoms with Crippen molar-refractivity contribution >= 4 is 11.8 Å². The smallest absolute Gasteiger partial charge is 0.259 e. The Labute approximate surface area is 161 Å². The summed E-state index contributed by atoms with van der Waals surface area (Å²) < 4.78 is 1.77. The number of rotatable bonds is 4. The summed E-state index contributed by atoms with van der Waals surface area (Å²) in [5, 5.41) is 2.83. The largest absolute Gasteiger partial charge is 0.350 e. The summed E-state index contributed by atoms with van der Waals surface area (Å²) in [5.41, 5.74) is -0.842. The number of piperidine rings is 1. The molecule has 6 nitrogen and oxygen atoms in total. The Hall–Kier alpha value is -2.11. The van der Waals surface area contributed by atoms with Crippen LogP contribution >= 0.6 is 0 Å². The molecule has 2 amide bonds. The molecule has 1 unspecified atom stereocenters. The van der Waals surface area contributed by atoms with Crippen LogP contribution in [0.1, 0.15) is 94.0 Å². The number of nitrogens with one attached hydrogen (secondary N) is 1. The fraction of sp³-hybridized carbons (Fsp3) is 0.667. The number of nitrogens with zero attached hydrogens (tertiary/aromatic N) is 2. The van der Waals surface area contributed by atoms with E-state index >= 15 is 0 Å². The van der Waals surface area contributed by atoms with Gasteiger partial charge in [0, 0.05) is 36.6 Å². The van der Waals surface area contributed by atoms with E-state index in [9.17, 15) is 14.4 Å². The summed E-state index contributed by atoms with van der Waals surface area (Å²) in [7, 11) is 0. The maximum Gasteiger partial charge on any atom is 0.259 e. The lowest BCUT2D eigenvalue weighted by molar-refractivity contribution is 0.0605. The molecule has 1 aromatic rings. The number of hydrogen-bond donors (Lipinski definition) is 1. The van der Waals surface area contributed by atoms with Gasteiger partial charge in [-0.15, -0.1) is 0 Å². The minimum absolute atomic E-state index is 0.0227. The van der Waals surface area contributed by atoms with Gasteiger partial charge < -0.3 is 14.8 Å². The molecule has 0 bridgehead atoms. The normalized spacial score (nSPS) is 17.9. The van der Waals surface area contributed by atoms with Crippen LogP contribution in [0.2, 0.25) is 0 Å². The lowest BCUT2D eigenvalue weighted by Crippen LogP contribution is -2.46. The van der Waals surface area contributed by atoms with Crippen LogP contribution in [0, 0.1) is 0 Å². The Morgan fingerprint density at radius 1 is 1.19 bits per heavy atom. The van der Waals surface area contributed by atoms with Crippen molar-refractivity contribution in [2.24, 2.45) is 0 Å². The van der Waals surface area contributed by atoms with Gasteiger partial charge in [0.05, 0.1) is 0 Å². The average molecular weight is 376 g/mol. The quantitative estimate of drug-likeness (QED) is 0.877. The lowest BCUT2D eigenvalue weighted by Gasteiger charge is -2.35. The first-order valence-electron chi connectivity index (χ1n) is 9.94. The van der Waals surface area contributed by atoms with E-state index in [2.05, 4.69) is 12.2 Å². The highest BCUT2D eigenvalue weighted by atomic mass is 16.2. The van der Waals surface area contributed by atoms with Crippen molar-refractivity contribution in [1.82, 2.24) is 14.8 Å². The molecule has 1 fully saturated rings. The van der Waals surface area contributed by atoms with E-state index in [0.29, 0.717) is 6.54 Å². The molecule has 6 heteroatoms. The summed E-state index contributed by atoms with van der Waals surface area (Å²) in [6, 6.07) is 0.187. The molecule has 0 saturated carbocycles. The molecular formula is C21H33N3O3. The maximum absolute atomic E-state index is 13.2. The molecule has 0 radical (unpaired) electrons.